The Bertz CT molecular complexity index is 868. The maximum Gasteiger partial charge on any atom is 0.408 e. The second kappa shape index (κ2) is 9.64. The first kappa shape index (κ1) is 23.6. The van der Waals surface area contributed by atoms with Gasteiger partial charge in [0.05, 0.1) is 12.2 Å². The fourth-order valence-corrected chi connectivity index (χ4v) is 3.41. The van der Waals surface area contributed by atoms with Crippen LogP contribution in [0.25, 0.3) is 0 Å². The number of alkyl carbamates (subject to hydrolysis) is 1. The number of ether oxygens (including phenoxy) is 3. The first-order valence-corrected chi connectivity index (χ1v) is 10.7. The summed E-state index contributed by atoms with van der Waals surface area (Å²) in [5, 5.41) is 2.58. The molecule has 0 unspecified atom stereocenters. The number of benzene rings is 1. The maximum atomic E-state index is 12.9. The first-order valence-electron chi connectivity index (χ1n) is 10.7. The molecule has 1 saturated heterocycles. The molecule has 10 nitrogen and oxygen atoms in total. The van der Waals surface area contributed by atoms with Crippen LogP contribution in [0.3, 0.4) is 0 Å². The zero-order valence-electron chi connectivity index (χ0n) is 19.3. The Hall–Kier alpha value is -3.01. The van der Waals surface area contributed by atoms with Crippen molar-refractivity contribution >= 4 is 23.6 Å². The molecule has 0 saturated carbocycles. The number of hydrogen-bond acceptors (Lipinski definition) is 7. The predicted octanol–water partition coefficient (Wildman–Crippen LogP) is 1.09. The molecule has 1 aromatic rings. The topological polar surface area (TPSA) is 101 Å². The van der Waals surface area contributed by atoms with Crippen LogP contribution in [0.1, 0.15) is 20.8 Å². The molecule has 2 aliphatic rings. The minimum Gasteiger partial charge on any atom is -0.492 e. The third-order valence-electron chi connectivity index (χ3n) is 5.23. The average molecular weight is 449 g/mol. The quantitative estimate of drug-likeness (QED) is 0.720. The summed E-state index contributed by atoms with van der Waals surface area (Å²) in [6.45, 7) is 8.21. The zero-order chi connectivity index (χ0) is 23.5. The van der Waals surface area contributed by atoms with E-state index in [0.29, 0.717) is 43.4 Å². The van der Waals surface area contributed by atoms with Gasteiger partial charge < -0.3 is 29.3 Å². The molecular weight excluding hydrogens is 416 g/mol. The molecule has 0 aromatic heterocycles. The fourth-order valence-electron chi connectivity index (χ4n) is 3.41. The van der Waals surface area contributed by atoms with Crippen molar-refractivity contribution in [3.05, 3.63) is 18.2 Å². The van der Waals surface area contributed by atoms with E-state index in [9.17, 15) is 14.4 Å². The van der Waals surface area contributed by atoms with Gasteiger partial charge in [0.2, 0.25) is 5.91 Å². The van der Waals surface area contributed by atoms with E-state index in [1.54, 1.807) is 58.0 Å². The first-order chi connectivity index (χ1) is 15.0. The Morgan fingerprint density at radius 3 is 2.66 bits per heavy atom. The summed E-state index contributed by atoms with van der Waals surface area (Å²) < 4.78 is 16.9. The Labute approximate surface area is 188 Å². The number of likely N-dealkylation sites (N-methyl/N-ethyl adjacent to an activating group) is 2. The highest BCUT2D eigenvalue weighted by Crippen LogP contribution is 2.34. The molecule has 1 N–H and O–H groups in total. The lowest BCUT2D eigenvalue weighted by Gasteiger charge is -2.31. The number of carbonyl (C=O) groups excluding carboxylic acids is 3. The maximum absolute atomic E-state index is 12.9. The number of piperazine rings is 1. The van der Waals surface area contributed by atoms with E-state index in [2.05, 4.69) is 10.2 Å². The Balaban J connectivity index is 1.59. The van der Waals surface area contributed by atoms with Crippen LogP contribution in [-0.4, -0.2) is 92.8 Å². The summed E-state index contributed by atoms with van der Waals surface area (Å²) in [6.07, 6.45) is -0.676. The minimum absolute atomic E-state index is 0.00689. The molecular formula is C22H32N4O6. The monoisotopic (exact) mass is 448 g/mol. The second-order valence-electron chi connectivity index (χ2n) is 8.98. The van der Waals surface area contributed by atoms with Crippen molar-refractivity contribution < 1.29 is 28.6 Å². The van der Waals surface area contributed by atoms with E-state index in [-0.39, 0.29) is 18.4 Å². The van der Waals surface area contributed by atoms with Crippen molar-refractivity contribution in [1.82, 2.24) is 15.1 Å². The zero-order valence-corrected chi connectivity index (χ0v) is 19.3. The van der Waals surface area contributed by atoms with Crippen molar-refractivity contribution in [2.75, 3.05) is 58.4 Å². The van der Waals surface area contributed by atoms with Gasteiger partial charge in [-0.2, -0.15) is 0 Å². The standard InChI is InChI=1S/C22H32N4O6/c1-22(2,3)32-21(29)23-16-14-31-18-7-6-15(12-17(18)25(5)20(16)28)30-11-10-26-9-8-24(4)19(27)13-26/h6-7,12,16H,8-11,13-14H2,1-5H3,(H,23,29)/t16-/m0/s1. The summed E-state index contributed by atoms with van der Waals surface area (Å²) in [6, 6.07) is 4.37. The largest absolute Gasteiger partial charge is 0.492 e. The Morgan fingerprint density at radius 1 is 1.22 bits per heavy atom. The lowest BCUT2D eigenvalue weighted by Crippen LogP contribution is -2.50. The number of nitrogens with one attached hydrogen (secondary N) is 1. The Kier molecular flexibility index (Phi) is 7.12. The summed E-state index contributed by atoms with van der Waals surface area (Å²) in [7, 11) is 3.43. The number of fused-ring (bicyclic) bond motifs is 1. The molecule has 0 radical (unpaired) electrons. The molecule has 3 rings (SSSR count). The van der Waals surface area contributed by atoms with Gasteiger partial charge in [0, 0.05) is 39.8 Å². The van der Waals surface area contributed by atoms with Gasteiger partial charge in [-0.1, -0.05) is 0 Å². The van der Waals surface area contributed by atoms with Crippen molar-refractivity contribution in [3.8, 4) is 11.5 Å². The lowest BCUT2D eigenvalue weighted by atomic mass is 10.2. The van der Waals surface area contributed by atoms with Gasteiger partial charge >= 0.3 is 6.09 Å². The van der Waals surface area contributed by atoms with Crippen LogP contribution in [0.2, 0.25) is 0 Å². The third kappa shape index (κ3) is 6.03. The number of anilines is 1. The molecule has 32 heavy (non-hydrogen) atoms. The van der Waals surface area contributed by atoms with Crippen LogP contribution in [0, 0.1) is 0 Å². The minimum atomic E-state index is -0.874. The van der Waals surface area contributed by atoms with Gasteiger partial charge in [-0.15, -0.1) is 0 Å². The van der Waals surface area contributed by atoms with Crippen LogP contribution >= 0.6 is 0 Å². The van der Waals surface area contributed by atoms with Crippen LogP contribution in [0.15, 0.2) is 18.2 Å². The number of rotatable bonds is 5. The number of carbonyl (C=O) groups is 3. The van der Waals surface area contributed by atoms with Gasteiger partial charge in [0.1, 0.15) is 36.4 Å². The summed E-state index contributed by atoms with van der Waals surface area (Å²) >= 11 is 0. The molecule has 0 bridgehead atoms. The highest BCUT2D eigenvalue weighted by molar-refractivity contribution is 6.00. The molecule has 2 heterocycles. The van der Waals surface area contributed by atoms with Gasteiger partial charge in [-0.25, -0.2) is 4.79 Å². The van der Waals surface area contributed by atoms with E-state index in [0.717, 1.165) is 6.54 Å². The molecule has 0 aliphatic carbocycles. The van der Waals surface area contributed by atoms with Crippen molar-refractivity contribution in [2.24, 2.45) is 0 Å². The van der Waals surface area contributed by atoms with Crippen LogP contribution in [0.5, 0.6) is 11.5 Å². The lowest BCUT2D eigenvalue weighted by molar-refractivity contribution is -0.134. The predicted molar refractivity (Wildman–Crippen MR) is 118 cm³/mol. The number of nitrogens with zero attached hydrogens (tertiary/aromatic N) is 3. The SMILES string of the molecule is CN1CCN(CCOc2ccc3c(c2)N(C)C(=O)[C@@H](NC(=O)OC(C)(C)C)CO3)CC1=O. The molecule has 0 spiro atoms. The van der Waals surface area contributed by atoms with E-state index in [4.69, 9.17) is 14.2 Å². The molecule has 10 heteroatoms. The molecule has 1 atom stereocenters. The van der Waals surface area contributed by atoms with Crippen molar-refractivity contribution in [2.45, 2.75) is 32.4 Å². The summed E-state index contributed by atoms with van der Waals surface area (Å²) in [5.41, 5.74) is -0.118. The van der Waals surface area contributed by atoms with Gasteiger partial charge in [-0.3, -0.25) is 14.5 Å². The molecule has 176 valence electrons. The van der Waals surface area contributed by atoms with Crippen LogP contribution in [-0.2, 0) is 14.3 Å². The third-order valence-corrected chi connectivity index (χ3v) is 5.23. The van der Waals surface area contributed by atoms with Gasteiger partial charge in [0.15, 0.2) is 0 Å². The van der Waals surface area contributed by atoms with Crippen molar-refractivity contribution in [1.29, 1.82) is 0 Å². The van der Waals surface area contributed by atoms with Crippen molar-refractivity contribution in [3.63, 3.8) is 0 Å². The van der Waals surface area contributed by atoms with Gasteiger partial charge in [-0.05, 0) is 32.9 Å². The molecule has 1 aromatic carbocycles. The fraction of sp³-hybridized carbons (Fsp3) is 0.591. The van der Waals surface area contributed by atoms with E-state index in [1.165, 1.54) is 4.90 Å². The van der Waals surface area contributed by atoms with E-state index >= 15 is 0 Å². The molecule has 2 aliphatic heterocycles. The molecule has 1 fully saturated rings. The smallest absolute Gasteiger partial charge is 0.408 e. The van der Waals surface area contributed by atoms with E-state index < -0.39 is 17.7 Å². The van der Waals surface area contributed by atoms with Crippen LogP contribution in [0.4, 0.5) is 10.5 Å². The molecule has 3 amide bonds. The summed E-state index contributed by atoms with van der Waals surface area (Å²) in [5.74, 6) is 0.896. The number of hydrogen-bond donors (Lipinski definition) is 1. The van der Waals surface area contributed by atoms with Crippen LogP contribution < -0.4 is 19.7 Å². The van der Waals surface area contributed by atoms with Gasteiger partial charge in [0.25, 0.3) is 5.91 Å². The Morgan fingerprint density at radius 2 is 1.97 bits per heavy atom. The normalized spacial score (nSPS) is 19.7. The second-order valence-corrected chi connectivity index (χ2v) is 8.98. The highest BCUT2D eigenvalue weighted by Gasteiger charge is 2.32. The van der Waals surface area contributed by atoms with E-state index in [1.807, 2.05) is 0 Å². The average Bonchev–Trinajstić information content (AvgIpc) is 2.81. The highest BCUT2D eigenvalue weighted by atomic mass is 16.6. The number of amides is 3. The summed E-state index contributed by atoms with van der Waals surface area (Å²) in [4.78, 5) is 42.0.